The minimum absolute atomic E-state index is 0.0364. The van der Waals surface area contributed by atoms with Crippen molar-refractivity contribution in [3.05, 3.63) is 51.8 Å². The summed E-state index contributed by atoms with van der Waals surface area (Å²) in [5.74, 6) is -1.25. The van der Waals surface area contributed by atoms with Crippen molar-refractivity contribution >= 4 is 39.0 Å². The van der Waals surface area contributed by atoms with E-state index in [-0.39, 0.29) is 35.0 Å². The fourth-order valence-electron chi connectivity index (χ4n) is 5.49. The minimum atomic E-state index is -0.772. The number of aromatic nitrogens is 5. The Morgan fingerprint density at radius 1 is 1.11 bits per heavy atom. The first kappa shape index (κ1) is 28.6. The van der Waals surface area contributed by atoms with Gasteiger partial charge in [0.2, 0.25) is 11.8 Å². The van der Waals surface area contributed by atoms with Gasteiger partial charge in [0.25, 0.3) is 0 Å². The average Bonchev–Trinajstić information content (AvgIpc) is 3.78. The standard InChI is InChI=1S/C28H30F2N8O5S/c1-28(2)42-15-16(43-28)14-41-21-13-19(17(29)12-18(21)30)36-8-5-35(6-9-36)7-10-37-24-22(44-27(37)39)25-32-23(20-4-3-11-40-20)34-38(25)26(31)33-24/h3-4,11-13,16H,5-10,14-15H2,1-2H3,(H2,31,33)/t16-/m1/s1. The molecule has 2 aliphatic heterocycles. The van der Waals surface area contributed by atoms with Crippen molar-refractivity contribution in [2.45, 2.75) is 32.3 Å². The molecule has 0 aliphatic carbocycles. The molecule has 2 saturated heterocycles. The van der Waals surface area contributed by atoms with E-state index < -0.39 is 17.4 Å². The highest BCUT2D eigenvalue weighted by molar-refractivity contribution is 7.17. The van der Waals surface area contributed by atoms with E-state index in [0.29, 0.717) is 73.5 Å². The largest absolute Gasteiger partial charge is 0.488 e. The lowest BCUT2D eigenvalue weighted by Crippen LogP contribution is -2.47. The zero-order valence-corrected chi connectivity index (χ0v) is 24.9. The summed E-state index contributed by atoms with van der Waals surface area (Å²) in [7, 11) is 0. The van der Waals surface area contributed by atoms with Crippen LogP contribution in [0.2, 0.25) is 0 Å². The summed E-state index contributed by atoms with van der Waals surface area (Å²) in [6.07, 6.45) is 1.18. The molecule has 4 aromatic heterocycles. The van der Waals surface area contributed by atoms with Crippen LogP contribution in [0.3, 0.4) is 0 Å². The maximum atomic E-state index is 14.8. The van der Waals surface area contributed by atoms with Crippen molar-refractivity contribution in [1.29, 1.82) is 0 Å². The lowest BCUT2D eigenvalue weighted by Gasteiger charge is -2.36. The molecule has 0 spiro atoms. The number of furan rings is 1. The molecule has 232 valence electrons. The van der Waals surface area contributed by atoms with Crippen LogP contribution in [-0.4, -0.2) is 86.9 Å². The topological polar surface area (TPSA) is 138 Å². The highest BCUT2D eigenvalue weighted by Crippen LogP contribution is 2.31. The molecule has 1 aromatic carbocycles. The fourth-order valence-corrected chi connectivity index (χ4v) is 6.42. The Morgan fingerprint density at radius 2 is 1.93 bits per heavy atom. The van der Waals surface area contributed by atoms with Crippen LogP contribution in [-0.2, 0) is 16.0 Å². The van der Waals surface area contributed by atoms with Gasteiger partial charge in [0.05, 0.1) is 18.6 Å². The zero-order chi connectivity index (χ0) is 30.6. The maximum Gasteiger partial charge on any atom is 0.309 e. The van der Waals surface area contributed by atoms with Crippen LogP contribution in [0, 0.1) is 11.6 Å². The Bertz CT molecular complexity index is 1880. The van der Waals surface area contributed by atoms with E-state index in [1.54, 1.807) is 30.5 Å². The third-order valence-corrected chi connectivity index (χ3v) is 8.67. The molecule has 0 saturated carbocycles. The fraction of sp³-hybridized carbons (Fsp3) is 0.429. The van der Waals surface area contributed by atoms with Gasteiger partial charge in [-0.1, -0.05) is 11.3 Å². The highest BCUT2D eigenvalue weighted by atomic mass is 32.1. The Morgan fingerprint density at radius 3 is 2.66 bits per heavy atom. The molecule has 7 rings (SSSR count). The van der Waals surface area contributed by atoms with Crippen LogP contribution < -0.4 is 20.2 Å². The van der Waals surface area contributed by atoms with Crippen LogP contribution in [0.5, 0.6) is 5.75 Å². The Kier molecular flexibility index (Phi) is 7.23. The first-order valence-electron chi connectivity index (χ1n) is 14.2. The number of piperazine rings is 1. The van der Waals surface area contributed by atoms with Crippen molar-refractivity contribution in [2.24, 2.45) is 0 Å². The van der Waals surface area contributed by atoms with Crippen molar-refractivity contribution in [2.75, 3.05) is 56.6 Å². The molecule has 2 N–H and O–H groups in total. The molecule has 2 fully saturated rings. The predicted octanol–water partition coefficient (Wildman–Crippen LogP) is 2.97. The van der Waals surface area contributed by atoms with Crippen molar-refractivity contribution in [3.8, 4) is 17.3 Å². The quantitative estimate of drug-likeness (QED) is 0.271. The number of rotatable bonds is 8. The first-order valence-corrected chi connectivity index (χ1v) is 15.0. The van der Waals surface area contributed by atoms with Gasteiger partial charge in [-0.15, -0.1) is 5.10 Å². The van der Waals surface area contributed by atoms with Crippen LogP contribution in [0.15, 0.2) is 39.7 Å². The maximum absolute atomic E-state index is 14.8. The monoisotopic (exact) mass is 628 g/mol. The Hall–Kier alpha value is -4.12. The molecule has 13 nitrogen and oxygen atoms in total. The van der Waals surface area contributed by atoms with Gasteiger partial charge in [0.15, 0.2) is 34.4 Å². The summed E-state index contributed by atoms with van der Waals surface area (Å²) in [6.45, 7) is 7.21. The van der Waals surface area contributed by atoms with Gasteiger partial charge >= 0.3 is 4.87 Å². The van der Waals surface area contributed by atoms with Gasteiger partial charge in [-0.2, -0.15) is 9.50 Å². The number of ether oxygens (including phenoxy) is 3. The molecule has 1 atom stereocenters. The third kappa shape index (κ3) is 5.38. The summed E-state index contributed by atoms with van der Waals surface area (Å²) < 4.78 is 55.2. The number of anilines is 2. The molecule has 5 aromatic rings. The number of thiazole rings is 1. The third-order valence-electron chi connectivity index (χ3n) is 7.70. The number of hydrogen-bond donors (Lipinski definition) is 1. The van der Waals surface area contributed by atoms with E-state index in [1.165, 1.54) is 16.8 Å². The lowest BCUT2D eigenvalue weighted by molar-refractivity contribution is -0.141. The summed E-state index contributed by atoms with van der Waals surface area (Å²) >= 11 is 1.04. The minimum Gasteiger partial charge on any atom is -0.488 e. The van der Waals surface area contributed by atoms with Crippen LogP contribution in [0.1, 0.15) is 13.8 Å². The number of nitrogen functional groups attached to an aromatic ring is 1. The molecule has 0 radical (unpaired) electrons. The molecule has 0 bridgehead atoms. The number of nitrogens with two attached hydrogens (primary N) is 1. The molecule has 0 unspecified atom stereocenters. The van der Waals surface area contributed by atoms with Gasteiger partial charge in [0, 0.05) is 51.4 Å². The molecule has 0 amide bonds. The second-order valence-corrected chi connectivity index (χ2v) is 12.1. The lowest BCUT2D eigenvalue weighted by atomic mass is 10.2. The zero-order valence-electron chi connectivity index (χ0n) is 24.0. The van der Waals surface area contributed by atoms with Crippen molar-refractivity contribution in [3.63, 3.8) is 0 Å². The molecule has 16 heteroatoms. The molecule has 2 aliphatic rings. The normalized spacial score (nSPS) is 19.0. The van der Waals surface area contributed by atoms with Gasteiger partial charge in [-0.3, -0.25) is 14.3 Å². The SMILES string of the molecule is CC1(C)OC[C@@H](COc2cc(N3CCN(CCn4c(=O)sc5c4nc(N)n4nc(-c6ccco6)nc54)CC3)c(F)cc2F)O1. The number of fused-ring (bicyclic) bond motifs is 3. The highest BCUT2D eigenvalue weighted by Gasteiger charge is 2.33. The molecule has 6 heterocycles. The van der Waals surface area contributed by atoms with E-state index in [1.807, 2.05) is 4.90 Å². The van der Waals surface area contributed by atoms with Crippen molar-refractivity contribution in [1.82, 2.24) is 29.0 Å². The van der Waals surface area contributed by atoms with E-state index in [4.69, 9.17) is 24.4 Å². The second kappa shape index (κ2) is 11.1. The Balaban J connectivity index is 1.01. The predicted molar refractivity (Wildman–Crippen MR) is 158 cm³/mol. The Labute approximate surface area is 253 Å². The summed E-state index contributed by atoms with van der Waals surface area (Å²) in [5.41, 5.74) is 7.34. The smallest absolute Gasteiger partial charge is 0.309 e. The van der Waals surface area contributed by atoms with E-state index in [2.05, 4.69) is 20.0 Å². The summed E-state index contributed by atoms with van der Waals surface area (Å²) in [4.78, 5) is 25.9. The van der Waals surface area contributed by atoms with E-state index in [0.717, 1.165) is 17.4 Å². The molecular formula is C28H30F2N8O5S. The van der Waals surface area contributed by atoms with Gasteiger partial charge in [-0.05, 0) is 26.0 Å². The molecular weight excluding hydrogens is 598 g/mol. The second-order valence-electron chi connectivity index (χ2n) is 11.1. The first-order chi connectivity index (χ1) is 21.1. The summed E-state index contributed by atoms with van der Waals surface area (Å²) in [6, 6.07) is 5.73. The van der Waals surface area contributed by atoms with Crippen LogP contribution in [0.4, 0.5) is 20.4 Å². The van der Waals surface area contributed by atoms with Gasteiger partial charge < -0.3 is 29.3 Å². The van der Waals surface area contributed by atoms with Crippen molar-refractivity contribution < 1.29 is 27.4 Å². The van der Waals surface area contributed by atoms with Crippen LogP contribution in [0.25, 0.3) is 27.6 Å². The molecule has 44 heavy (non-hydrogen) atoms. The van der Waals surface area contributed by atoms with Gasteiger partial charge in [-0.25, -0.2) is 13.8 Å². The van der Waals surface area contributed by atoms with E-state index in [9.17, 15) is 13.6 Å². The number of nitrogens with zero attached hydrogens (tertiary/aromatic N) is 7. The number of halogens is 2. The van der Waals surface area contributed by atoms with Crippen LogP contribution >= 0.6 is 11.3 Å². The number of benzene rings is 1. The number of hydrogen-bond acceptors (Lipinski definition) is 12. The van der Waals surface area contributed by atoms with Gasteiger partial charge in [0.1, 0.15) is 23.2 Å². The summed E-state index contributed by atoms with van der Waals surface area (Å²) in [5, 5.41) is 4.39. The average molecular weight is 629 g/mol. The van der Waals surface area contributed by atoms with E-state index >= 15 is 0 Å².